The first-order valence-electron chi connectivity index (χ1n) is 6.70. The summed E-state index contributed by atoms with van der Waals surface area (Å²) in [5, 5.41) is 5.70. The van der Waals surface area contributed by atoms with Gasteiger partial charge in [-0.3, -0.25) is 9.59 Å². The highest BCUT2D eigenvalue weighted by Crippen LogP contribution is 2.28. The molecule has 0 aromatic carbocycles. The van der Waals surface area contributed by atoms with Crippen LogP contribution in [0.2, 0.25) is 0 Å². The summed E-state index contributed by atoms with van der Waals surface area (Å²) < 4.78 is 0. The van der Waals surface area contributed by atoms with Gasteiger partial charge in [-0.15, -0.1) is 11.3 Å². The molecule has 0 radical (unpaired) electrons. The van der Waals surface area contributed by atoms with Gasteiger partial charge in [0.15, 0.2) is 0 Å². The van der Waals surface area contributed by atoms with Gasteiger partial charge >= 0.3 is 0 Å². The van der Waals surface area contributed by atoms with Crippen LogP contribution in [-0.2, 0) is 11.2 Å². The second-order valence-electron chi connectivity index (χ2n) is 5.20. The first-order chi connectivity index (χ1) is 9.19. The monoisotopic (exact) mass is 279 g/mol. The lowest BCUT2D eigenvalue weighted by Gasteiger charge is -2.15. The van der Waals surface area contributed by atoms with Crippen molar-refractivity contribution in [2.24, 2.45) is 11.8 Å². The van der Waals surface area contributed by atoms with E-state index < -0.39 is 0 Å². The molecular weight excluding hydrogens is 262 g/mol. The van der Waals surface area contributed by atoms with Crippen molar-refractivity contribution in [3.05, 3.63) is 16.1 Å². The molecule has 1 aromatic rings. The van der Waals surface area contributed by atoms with Crippen LogP contribution in [0.5, 0.6) is 0 Å². The molecule has 3 heterocycles. The second kappa shape index (κ2) is 4.92. The summed E-state index contributed by atoms with van der Waals surface area (Å²) in [5.41, 5.74) is 0.536. The lowest BCUT2D eigenvalue weighted by Crippen LogP contribution is -2.33. The number of hydrogen-bond donors (Lipinski definition) is 1. The maximum atomic E-state index is 12.3. The van der Waals surface area contributed by atoms with Gasteiger partial charge in [0.1, 0.15) is 5.69 Å². The summed E-state index contributed by atoms with van der Waals surface area (Å²) in [4.78, 5) is 30.1. The summed E-state index contributed by atoms with van der Waals surface area (Å²) >= 11 is 1.55. The molecule has 0 unspecified atom stereocenters. The third-order valence-electron chi connectivity index (χ3n) is 3.84. The fourth-order valence-electron chi connectivity index (χ4n) is 2.80. The van der Waals surface area contributed by atoms with Crippen molar-refractivity contribution in [3.8, 4) is 0 Å². The molecule has 5 nitrogen and oxygen atoms in total. The van der Waals surface area contributed by atoms with Gasteiger partial charge in [0.05, 0.1) is 10.9 Å². The fourth-order valence-corrected chi connectivity index (χ4v) is 3.68. The van der Waals surface area contributed by atoms with Crippen molar-refractivity contribution in [1.82, 2.24) is 15.2 Å². The molecule has 0 bridgehead atoms. The second-order valence-corrected chi connectivity index (χ2v) is 6.14. The van der Waals surface area contributed by atoms with Crippen molar-refractivity contribution in [1.29, 1.82) is 0 Å². The van der Waals surface area contributed by atoms with Gasteiger partial charge in [0, 0.05) is 30.9 Å². The summed E-state index contributed by atoms with van der Waals surface area (Å²) in [6, 6.07) is 0. The van der Waals surface area contributed by atoms with Gasteiger partial charge in [-0.1, -0.05) is 6.92 Å². The van der Waals surface area contributed by atoms with E-state index in [9.17, 15) is 9.59 Å². The van der Waals surface area contributed by atoms with Crippen molar-refractivity contribution in [2.75, 3.05) is 19.6 Å². The molecule has 6 heteroatoms. The number of carbonyl (C=O) groups is 2. The van der Waals surface area contributed by atoms with E-state index in [4.69, 9.17) is 0 Å². The first kappa shape index (κ1) is 12.6. The first-order valence-corrected chi connectivity index (χ1v) is 7.58. The summed E-state index contributed by atoms with van der Waals surface area (Å²) in [5.74, 6) is 0.328. The van der Waals surface area contributed by atoms with Gasteiger partial charge in [0.2, 0.25) is 5.91 Å². The maximum Gasteiger partial charge on any atom is 0.273 e. The molecule has 19 heavy (non-hydrogen) atoms. The van der Waals surface area contributed by atoms with E-state index in [0.717, 1.165) is 17.8 Å². The number of aromatic nitrogens is 1. The Balaban J connectivity index is 1.69. The lowest BCUT2D eigenvalue weighted by atomic mass is 10.0. The van der Waals surface area contributed by atoms with E-state index in [1.165, 1.54) is 0 Å². The Morgan fingerprint density at radius 3 is 3.16 bits per heavy atom. The number of thiazole rings is 1. The van der Waals surface area contributed by atoms with Crippen molar-refractivity contribution in [2.45, 2.75) is 19.8 Å². The van der Waals surface area contributed by atoms with E-state index >= 15 is 0 Å². The van der Waals surface area contributed by atoms with E-state index in [1.54, 1.807) is 16.2 Å². The molecule has 2 saturated heterocycles. The van der Waals surface area contributed by atoms with Gasteiger partial charge in [0.25, 0.3) is 5.91 Å². The minimum atomic E-state index is -0.0270. The molecule has 1 aromatic heterocycles. The normalized spacial score (nSPS) is 25.5. The molecule has 2 amide bonds. The third kappa shape index (κ3) is 2.25. The third-order valence-corrected chi connectivity index (χ3v) is 4.75. The van der Waals surface area contributed by atoms with Crippen LogP contribution in [0, 0.1) is 11.8 Å². The summed E-state index contributed by atoms with van der Waals surface area (Å²) in [7, 11) is 0. The molecule has 102 valence electrons. The number of nitrogens with zero attached hydrogens (tertiary/aromatic N) is 2. The number of hydrogen-bond acceptors (Lipinski definition) is 4. The molecule has 3 rings (SSSR count). The Morgan fingerprint density at radius 2 is 2.42 bits per heavy atom. The van der Waals surface area contributed by atoms with E-state index in [1.807, 2.05) is 5.38 Å². The number of rotatable bonds is 3. The lowest BCUT2D eigenvalue weighted by molar-refractivity contribution is -0.122. The van der Waals surface area contributed by atoms with Crippen LogP contribution in [-0.4, -0.2) is 41.3 Å². The fraction of sp³-hybridized carbons (Fsp3) is 0.615. The highest BCUT2D eigenvalue weighted by molar-refractivity contribution is 7.09. The standard InChI is InChI=1S/C13H17N3O2S/c1-2-3-11-15-10(7-19-11)13(18)16-5-8-4-14-12(17)9(8)6-16/h7-9H,2-6H2,1H3,(H,14,17)/t8-,9+/m0/s1. The topological polar surface area (TPSA) is 62.3 Å². The Bertz CT molecular complexity index is 514. The van der Waals surface area contributed by atoms with E-state index in [-0.39, 0.29) is 23.7 Å². The van der Waals surface area contributed by atoms with Crippen molar-refractivity contribution in [3.63, 3.8) is 0 Å². The Hall–Kier alpha value is -1.43. The number of fused-ring (bicyclic) bond motifs is 1. The van der Waals surface area contributed by atoms with Crippen LogP contribution < -0.4 is 5.32 Å². The SMILES string of the molecule is CCCc1nc(C(=O)N2C[C@@H]3CNC(=O)[C@@H]3C2)cs1. The van der Waals surface area contributed by atoms with Crippen LogP contribution in [0.1, 0.15) is 28.8 Å². The van der Waals surface area contributed by atoms with Gasteiger partial charge in [-0.25, -0.2) is 4.98 Å². The highest BCUT2D eigenvalue weighted by atomic mass is 32.1. The zero-order valence-electron chi connectivity index (χ0n) is 10.9. The predicted molar refractivity (Wildman–Crippen MR) is 72.0 cm³/mol. The Kier molecular flexibility index (Phi) is 3.26. The number of nitrogens with one attached hydrogen (secondary N) is 1. The number of carbonyl (C=O) groups excluding carboxylic acids is 2. The molecule has 2 atom stereocenters. The average Bonchev–Trinajstić information content (AvgIpc) is 3.07. The number of likely N-dealkylation sites (tertiary alicyclic amines) is 1. The molecule has 1 N–H and O–H groups in total. The van der Waals surface area contributed by atoms with Gasteiger partial charge in [-0.05, 0) is 12.8 Å². The summed E-state index contributed by atoms with van der Waals surface area (Å²) in [6.07, 6.45) is 1.96. The van der Waals surface area contributed by atoms with Crippen molar-refractivity contribution < 1.29 is 9.59 Å². The van der Waals surface area contributed by atoms with Crippen LogP contribution in [0.4, 0.5) is 0 Å². The highest BCUT2D eigenvalue weighted by Gasteiger charge is 2.43. The van der Waals surface area contributed by atoms with Gasteiger partial charge < -0.3 is 10.2 Å². The largest absolute Gasteiger partial charge is 0.355 e. The quantitative estimate of drug-likeness (QED) is 0.894. The molecule has 2 aliphatic heterocycles. The van der Waals surface area contributed by atoms with E-state index in [2.05, 4.69) is 17.2 Å². The molecule has 2 fully saturated rings. The number of aryl methyl sites for hydroxylation is 1. The minimum absolute atomic E-state index is 0.0160. The molecule has 2 aliphatic rings. The molecule has 0 spiro atoms. The molecule has 0 aliphatic carbocycles. The van der Waals surface area contributed by atoms with Crippen LogP contribution in [0.15, 0.2) is 5.38 Å². The smallest absolute Gasteiger partial charge is 0.273 e. The van der Waals surface area contributed by atoms with Crippen LogP contribution in [0.3, 0.4) is 0 Å². The maximum absolute atomic E-state index is 12.3. The number of amides is 2. The zero-order chi connectivity index (χ0) is 13.4. The van der Waals surface area contributed by atoms with E-state index in [0.29, 0.717) is 25.3 Å². The summed E-state index contributed by atoms with van der Waals surface area (Å²) in [6.45, 7) is 4.01. The van der Waals surface area contributed by atoms with Crippen LogP contribution in [0.25, 0.3) is 0 Å². The zero-order valence-corrected chi connectivity index (χ0v) is 11.7. The van der Waals surface area contributed by atoms with Crippen LogP contribution >= 0.6 is 11.3 Å². The average molecular weight is 279 g/mol. The minimum Gasteiger partial charge on any atom is -0.355 e. The molecule has 0 saturated carbocycles. The Morgan fingerprint density at radius 1 is 1.58 bits per heavy atom. The molecular formula is C13H17N3O2S. The Labute approximate surface area is 116 Å². The van der Waals surface area contributed by atoms with Crippen molar-refractivity contribution >= 4 is 23.2 Å². The van der Waals surface area contributed by atoms with Gasteiger partial charge in [-0.2, -0.15) is 0 Å². The predicted octanol–water partition coefficient (Wildman–Crippen LogP) is 0.914.